The van der Waals surface area contributed by atoms with Crippen molar-refractivity contribution in [3.63, 3.8) is 0 Å². The van der Waals surface area contributed by atoms with Crippen LogP contribution in [0, 0.1) is 6.92 Å². The molecule has 0 atom stereocenters. The summed E-state index contributed by atoms with van der Waals surface area (Å²) >= 11 is 0. The van der Waals surface area contributed by atoms with Crippen molar-refractivity contribution in [3.8, 4) is 0 Å². The first-order valence-corrected chi connectivity index (χ1v) is 4.05. The van der Waals surface area contributed by atoms with Crippen LogP contribution in [0.5, 0.6) is 0 Å². The molecule has 1 aromatic carbocycles. The molecule has 0 saturated carbocycles. The summed E-state index contributed by atoms with van der Waals surface area (Å²) in [6.45, 7) is 1.75. The highest BCUT2D eigenvalue weighted by molar-refractivity contribution is 5.98. The lowest BCUT2D eigenvalue weighted by Gasteiger charge is -2.04. The molecule has 0 fully saturated rings. The molecule has 2 N–H and O–H groups in total. The van der Waals surface area contributed by atoms with Gasteiger partial charge in [0.05, 0.1) is 12.7 Å². The number of esters is 1. The molecule has 1 aromatic rings. The molecule has 0 radical (unpaired) electrons. The summed E-state index contributed by atoms with van der Waals surface area (Å²) in [5.74, 6) is -1.03. The predicted molar refractivity (Wildman–Crippen MR) is 51.0 cm³/mol. The van der Waals surface area contributed by atoms with Crippen LogP contribution in [-0.4, -0.2) is 19.0 Å². The molecule has 4 heteroatoms. The van der Waals surface area contributed by atoms with Gasteiger partial charge in [-0.2, -0.15) is 0 Å². The van der Waals surface area contributed by atoms with Gasteiger partial charge in [0.15, 0.2) is 0 Å². The van der Waals surface area contributed by atoms with E-state index >= 15 is 0 Å². The van der Waals surface area contributed by atoms with Gasteiger partial charge in [0, 0.05) is 5.56 Å². The number of primary amides is 1. The summed E-state index contributed by atoms with van der Waals surface area (Å²) in [7, 11) is 1.28. The number of amides is 1. The molecule has 1 amide bonds. The van der Waals surface area contributed by atoms with Gasteiger partial charge in [-0.05, 0) is 24.6 Å². The second-order valence-electron chi connectivity index (χ2n) is 2.89. The SMILES string of the molecule is COC(=O)c1ccc(C)c(C(N)=O)c1. The molecule has 0 aliphatic rings. The highest BCUT2D eigenvalue weighted by Crippen LogP contribution is 2.11. The van der Waals surface area contributed by atoms with E-state index in [1.165, 1.54) is 13.2 Å². The second-order valence-corrected chi connectivity index (χ2v) is 2.89. The Hall–Kier alpha value is -1.84. The lowest BCUT2D eigenvalue weighted by Crippen LogP contribution is -2.14. The molecule has 0 spiro atoms. The van der Waals surface area contributed by atoms with Crippen LogP contribution in [-0.2, 0) is 4.74 Å². The van der Waals surface area contributed by atoms with Crippen molar-refractivity contribution in [1.29, 1.82) is 0 Å². The number of aryl methyl sites for hydroxylation is 1. The van der Waals surface area contributed by atoms with Crippen LogP contribution < -0.4 is 5.73 Å². The molecule has 1 rings (SSSR count). The van der Waals surface area contributed by atoms with Crippen LogP contribution in [0.25, 0.3) is 0 Å². The van der Waals surface area contributed by atoms with Gasteiger partial charge in [0.25, 0.3) is 0 Å². The number of hydrogen-bond acceptors (Lipinski definition) is 3. The number of ether oxygens (including phenoxy) is 1. The molecule has 0 saturated heterocycles. The number of carbonyl (C=O) groups is 2. The fraction of sp³-hybridized carbons (Fsp3) is 0.200. The van der Waals surface area contributed by atoms with Gasteiger partial charge in [-0.15, -0.1) is 0 Å². The summed E-state index contributed by atoms with van der Waals surface area (Å²) in [5.41, 5.74) is 6.54. The Morgan fingerprint density at radius 3 is 2.50 bits per heavy atom. The van der Waals surface area contributed by atoms with Crippen molar-refractivity contribution in [2.45, 2.75) is 6.92 Å². The Morgan fingerprint density at radius 1 is 1.36 bits per heavy atom. The van der Waals surface area contributed by atoms with Crippen molar-refractivity contribution in [1.82, 2.24) is 0 Å². The first kappa shape index (κ1) is 10.2. The Bertz CT molecular complexity index is 385. The van der Waals surface area contributed by atoms with Crippen molar-refractivity contribution in [3.05, 3.63) is 34.9 Å². The second kappa shape index (κ2) is 3.91. The minimum absolute atomic E-state index is 0.326. The van der Waals surface area contributed by atoms with Crippen LogP contribution in [0.2, 0.25) is 0 Å². The molecular weight excluding hydrogens is 182 g/mol. The molecule has 0 unspecified atom stereocenters. The van der Waals surface area contributed by atoms with E-state index in [1.54, 1.807) is 19.1 Å². The van der Waals surface area contributed by atoms with Gasteiger partial charge in [-0.25, -0.2) is 4.79 Å². The molecular formula is C10H11NO3. The zero-order valence-electron chi connectivity index (χ0n) is 8.03. The van der Waals surface area contributed by atoms with Gasteiger partial charge in [0.1, 0.15) is 0 Å². The third-order valence-electron chi connectivity index (χ3n) is 1.92. The summed E-state index contributed by atoms with van der Waals surface area (Å²) in [4.78, 5) is 22.1. The van der Waals surface area contributed by atoms with Crippen LogP contribution in [0.15, 0.2) is 18.2 Å². The minimum Gasteiger partial charge on any atom is -0.465 e. The highest BCUT2D eigenvalue weighted by Gasteiger charge is 2.10. The maximum Gasteiger partial charge on any atom is 0.337 e. The summed E-state index contributed by atoms with van der Waals surface area (Å²) in [6.07, 6.45) is 0. The molecule has 0 aliphatic heterocycles. The largest absolute Gasteiger partial charge is 0.465 e. The molecule has 14 heavy (non-hydrogen) atoms. The minimum atomic E-state index is -0.548. The lowest BCUT2D eigenvalue weighted by atomic mass is 10.0. The first-order valence-electron chi connectivity index (χ1n) is 4.05. The maximum absolute atomic E-state index is 11.1. The van der Waals surface area contributed by atoms with E-state index in [0.717, 1.165) is 5.56 Å². The van der Waals surface area contributed by atoms with Gasteiger partial charge in [-0.1, -0.05) is 6.07 Å². The Morgan fingerprint density at radius 2 is 2.00 bits per heavy atom. The maximum atomic E-state index is 11.1. The van der Waals surface area contributed by atoms with Gasteiger partial charge >= 0.3 is 5.97 Å². The van der Waals surface area contributed by atoms with Gasteiger partial charge < -0.3 is 10.5 Å². The van der Waals surface area contributed by atoms with E-state index in [4.69, 9.17) is 5.73 Å². The number of carbonyl (C=O) groups excluding carboxylic acids is 2. The zero-order chi connectivity index (χ0) is 10.7. The number of nitrogens with two attached hydrogens (primary N) is 1. The van der Waals surface area contributed by atoms with E-state index in [9.17, 15) is 9.59 Å². The van der Waals surface area contributed by atoms with Crippen LogP contribution in [0.1, 0.15) is 26.3 Å². The predicted octanol–water partition coefficient (Wildman–Crippen LogP) is 0.881. The van der Waals surface area contributed by atoms with Crippen molar-refractivity contribution < 1.29 is 14.3 Å². The fourth-order valence-electron chi connectivity index (χ4n) is 1.13. The van der Waals surface area contributed by atoms with E-state index in [0.29, 0.717) is 11.1 Å². The Balaban J connectivity index is 3.19. The lowest BCUT2D eigenvalue weighted by molar-refractivity contribution is 0.0600. The molecule has 0 aliphatic carbocycles. The number of hydrogen-bond donors (Lipinski definition) is 1. The quantitative estimate of drug-likeness (QED) is 0.709. The van der Waals surface area contributed by atoms with Crippen molar-refractivity contribution >= 4 is 11.9 Å². The average molecular weight is 193 g/mol. The van der Waals surface area contributed by atoms with Gasteiger partial charge in [-0.3, -0.25) is 4.79 Å². The summed E-state index contributed by atoms with van der Waals surface area (Å²) < 4.78 is 4.52. The van der Waals surface area contributed by atoms with E-state index < -0.39 is 11.9 Å². The van der Waals surface area contributed by atoms with Crippen molar-refractivity contribution in [2.24, 2.45) is 5.73 Å². The van der Waals surface area contributed by atoms with Crippen LogP contribution >= 0.6 is 0 Å². The van der Waals surface area contributed by atoms with Gasteiger partial charge in [0.2, 0.25) is 5.91 Å². The smallest absolute Gasteiger partial charge is 0.337 e. The summed E-state index contributed by atoms with van der Waals surface area (Å²) in [6, 6.07) is 4.68. The number of methoxy groups -OCH3 is 1. The van der Waals surface area contributed by atoms with E-state index in [2.05, 4.69) is 4.74 Å². The highest BCUT2D eigenvalue weighted by atomic mass is 16.5. The fourth-order valence-corrected chi connectivity index (χ4v) is 1.13. The topological polar surface area (TPSA) is 69.4 Å². The molecule has 0 aromatic heterocycles. The zero-order valence-corrected chi connectivity index (χ0v) is 8.03. The third kappa shape index (κ3) is 1.90. The summed E-state index contributed by atoms with van der Waals surface area (Å²) in [5, 5.41) is 0. The molecule has 74 valence electrons. The average Bonchev–Trinajstić information content (AvgIpc) is 2.17. The third-order valence-corrected chi connectivity index (χ3v) is 1.92. The van der Waals surface area contributed by atoms with Crippen LogP contribution in [0.4, 0.5) is 0 Å². The first-order chi connectivity index (χ1) is 6.56. The monoisotopic (exact) mass is 193 g/mol. The molecule has 0 bridgehead atoms. The number of rotatable bonds is 2. The Labute approximate surface area is 81.7 Å². The van der Waals surface area contributed by atoms with Crippen molar-refractivity contribution in [2.75, 3.05) is 7.11 Å². The van der Waals surface area contributed by atoms with E-state index in [1.807, 2.05) is 0 Å². The number of benzene rings is 1. The molecule has 4 nitrogen and oxygen atoms in total. The normalized spacial score (nSPS) is 9.57. The van der Waals surface area contributed by atoms with E-state index in [-0.39, 0.29) is 0 Å². The standard InChI is InChI=1S/C10H11NO3/c1-6-3-4-7(10(13)14-2)5-8(6)9(11)12/h3-5H,1-2H3,(H2,11,12). The van der Waals surface area contributed by atoms with Crippen LogP contribution in [0.3, 0.4) is 0 Å². The molecule has 0 heterocycles. The Kier molecular flexibility index (Phi) is 2.86.